The van der Waals surface area contributed by atoms with Crippen LogP contribution in [0.3, 0.4) is 0 Å². The van der Waals surface area contributed by atoms with Gasteiger partial charge in [0.2, 0.25) is 5.43 Å². The van der Waals surface area contributed by atoms with Gasteiger partial charge in [-0.15, -0.1) is 0 Å². The second-order valence-corrected chi connectivity index (χ2v) is 5.50. The van der Waals surface area contributed by atoms with Crippen molar-refractivity contribution in [2.45, 2.75) is 6.92 Å². The third-order valence-corrected chi connectivity index (χ3v) is 4.00. The molecule has 4 aromatic rings. The number of nitrogens with one attached hydrogen (secondary N) is 1. The Kier molecular flexibility index (Phi) is 2.96. The summed E-state index contributed by atoms with van der Waals surface area (Å²) in [5.41, 5.74) is 2.18. The normalized spacial score (nSPS) is 11.2. The molecule has 0 saturated heterocycles. The van der Waals surface area contributed by atoms with Crippen molar-refractivity contribution in [2.24, 2.45) is 0 Å². The van der Waals surface area contributed by atoms with Gasteiger partial charge >= 0.3 is 0 Å². The Morgan fingerprint density at radius 1 is 1.17 bits per heavy atom. The number of nitrogens with zero attached hydrogens (tertiary/aromatic N) is 3. The number of fused-ring (bicyclic) bond motifs is 2. The largest absolute Gasteiger partial charge is 0.339 e. The summed E-state index contributed by atoms with van der Waals surface area (Å²) in [7, 11) is 0. The zero-order valence-electron chi connectivity index (χ0n) is 12.7. The van der Waals surface area contributed by atoms with E-state index >= 15 is 0 Å². The number of aryl methyl sites for hydroxylation is 1. The maximum atomic E-state index is 12.7. The second kappa shape index (κ2) is 5.02. The number of non-ortho nitro benzene ring substituents is 1. The number of H-pyrrole nitrogens is 1. The van der Waals surface area contributed by atoms with Gasteiger partial charge in [0.25, 0.3) is 5.69 Å². The van der Waals surface area contributed by atoms with Crippen LogP contribution >= 0.6 is 0 Å². The number of aromatic nitrogens is 3. The predicted molar refractivity (Wildman–Crippen MR) is 90.6 cm³/mol. The molecule has 0 aliphatic heterocycles. The van der Waals surface area contributed by atoms with Crippen molar-refractivity contribution in [3.05, 3.63) is 74.6 Å². The van der Waals surface area contributed by atoms with Crippen LogP contribution in [0.15, 0.2) is 53.3 Å². The van der Waals surface area contributed by atoms with Gasteiger partial charge in [-0.25, -0.2) is 4.68 Å². The van der Waals surface area contributed by atoms with Crippen molar-refractivity contribution in [3.63, 3.8) is 0 Å². The van der Waals surface area contributed by atoms with Crippen molar-refractivity contribution < 1.29 is 4.92 Å². The standard InChI is InChI=1S/C17H12N4O3/c1-10-15-16(22)13-7-2-3-8-14(13)18-17(15)20(19-10)11-5-4-6-12(9-11)21(23)24/h2-9H,1H3,(H,18,22). The van der Waals surface area contributed by atoms with Crippen LogP contribution in [0, 0.1) is 17.0 Å². The first kappa shape index (κ1) is 14.1. The quantitative estimate of drug-likeness (QED) is 0.453. The van der Waals surface area contributed by atoms with E-state index in [-0.39, 0.29) is 11.1 Å². The molecular weight excluding hydrogens is 308 g/mol. The molecule has 0 spiro atoms. The number of nitro groups is 1. The van der Waals surface area contributed by atoms with Gasteiger partial charge in [0.1, 0.15) is 5.65 Å². The monoisotopic (exact) mass is 320 g/mol. The molecule has 0 bridgehead atoms. The van der Waals surface area contributed by atoms with E-state index in [0.717, 1.165) is 0 Å². The van der Waals surface area contributed by atoms with Crippen LogP contribution in [0.1, 0.15) is 5.69 Å². The number of pyridine rings is 1. The number of hydrogen-bond donors (Lipinski definition) is 1. The molecule has 2 heterocycles. The zero-order chi connectivity index (χ0) is 16.8. The fourth-order valence-electron chi connectivity index (χ4n) is 2.89. The lowest BCUT2D eigenvalue weighted by Crippen LogP contribution is -2.05. The highest BCUT2D eigenvalue weighted by atomic mass is 16.6. The summed E-state index contributed by atoms with van der Waals surface area (Å²) in [4.78, 5) is 26.5. The van der Waals surface area contributed by atoms with Gasteiger partial charge in [-0.1, -0.05) is 18.2 Å². The average molecular weight is 320 g/mol. The molecule has 118 valence electrons. The minimum absolute atomic E-state index is 0.0306. The summed E-state index contributed by atoms with van der Waals surface area (Å²) >= 11 is 0. The first-order valence-electron chi connectivity index (χ1n) is 7.31. The molecule has 7 nitrogen and oxygen atoms in total. The van der Waals surface area contributed by atoms with Gasteiger partial charge in [0.05, 0.1) is 27.2 Å². The minimum atomic E-state index is -0.458. The molecule has 0 amide bonds. The predicted octanol–water partition coefficient (Wildman–Crippen LogP) is 3.08. The van der Waals surface area contributed by atoms with Crippen LogP contribution in [0.2, 0.25) is 0 Å². The molecule has 2 aromatic heterocycles. The Balaban J connectivity index is 2.09. The van der Waals surface area contributed by atoms with E-state index in [2.05, 4.69) is 10.1 Å². The molecule has 0 fully saturated rings. The van der Waals surface area contributed by atoms with E-state index in [1.165, 1.54) is 16.8 Å². The first-order valence-corrected chi connectivity index (χ1v) is 7.31. The molecule has 7 heteroatoms. The molecule has 0 aliphatic carbocycles. The Morgan fingerprint density at radius 3 is 2.75 bits per heavy atom. The van der Waals surface area contributed by atoms with Crippen molar-refractivity contribution in [1.29, 1.82) is 0 Å². The molecule has 0 unspecified atom stereocenters. The summed E-state index contributed by atoms with van der Waals surface area (Å²) < 4.78 is 1.53. The summed E-state index contributed by atoms with van der Waals surface area (Å²) in [5.74, 6) is 0. The van der Waals surface area contributed by atoms with E-state index in [1.807, 2.05) is 18.2 Å². The van der Waals surface area contributed by atoms with Crippen molar-refractivity contribution in [1.82, 2.24) is 14.8 Å². The summed E-state index contributed by atoms with van der Waals surface area (Å²) in [6, 6.07) is 13.4. The van der Waals surface area contributed by atoms with E-state index in [4.69, 9.17) is 0 Å². The van der Waals surface area contributed by atoms with Crippen LogP contribution in [-0.2, 0) is 0 Å². The van der Waals surface area contributed by atoms with E-state index in [9.17, 15) is 14.9 Å². The van der Waals surface area contributed by atoms with Crippen molar-refractivity contribution in [2.75, 3.05) is 0 Å². The molecule has 0 radical (unpaired) electrons. The lowest BCUT2D eigenvalue weighted by molar-refractivity contribution is -0.384. The van der Waals surface area contributed by atoms with Crippen LogP contribution < -0.4 is 5.43 Å². The molecule has 1 N–H and O–H groups in total. The molecule has 4 rings (SSSR count). The lowest BCUT2D eigenvalue weighted by atomic mass is 10.1. The number of nitro benzene ring substituents is 1. The Labute approximate surface area is 135 Å². The van der Waals surface area contributed by atoms with E-state index < -0.39 is 4.92 Å². The fraction of sp³-hybridized carbons (Fsp3) is 0.0588. The fourth-order valence-corrected chi connectivity index (χ4v) is 2.89. The van der Waals surface area contributed by atoms with Crippen LogP contribution in [0.4, 0.5) is 5.69 Å². The maximum absolute atomic E-state index is 12.7. The van der Waals surface area contributed by atoms with Crippen LogP contribution in [0.25, 0.3) is 27.6 Å². The highest BCUT2D eigenvalue weighted by molar-refractivity contribution is 5.92. The SMILES string of the molecule is Cc1nn(-c2cccc([N+](=O)[O-])c2)c2[nH]c3ccccc3c(=O)c12. The van der Waals surface area contributed by atoms with Gasteiger partial charge in [-0.2, -0.15) is 5.10 Å². The van der Waals surface area contributed by atoms with Gasteiger partial charge in [0.15, 0.2) is 0 Å². The van der Waals surface area contributed by atoms with Gasteiger partial charge in [-0.05, 0) is 25.1 Å². The molecular formula is C17H12N4O3. The molecule has 24 heavy (non-hydrogen) atoms. The first-order chi connectivity index (χ1) is 11.6. The van der Waals surface area contributed by atoms with Crippen LogP contribution in [-0.4, -0.2) is 19.7 Å². The summed E-state index contributed by atoms with van der Waals surface area (Å²) in [5, 5.41) is 16.5. The van der Waals surface area contributed by atoms with E-state index in [1.54, 1.807) is 25.1 Å². The summed E-state index contributed by atoms with van der Waals surface area (Å²) in [6.45, 7) is 1.75. The number of benzene rings is 2. The van der Waals surface area contributed by atoms with Crippen molar-refractivity contribution in [3.8, 4) is 5.69 Å². The highest BCUT2D eigenvalue weighted by Crippen LogP contribution is 2.23. The van der Waals surface area contributed by atoms with Gasteiger partial charge < -0.3 is 4.98 Å². The Morgan fingerprint density at radius 2 is 1.96 bits per heavy atom. The third-order valence-electron chi connectivity index (χ3n) is 4.00. The molecule has 2 aromatic carbocycles. The second-order valence-electron chi connectivity index (χ2n) is 5.50. The molecule has 0 aliphatic rings. The summed E-state index contributed by atoms with van der Waals surface area (Å²) in [6.07, 6.45) is 0. The van der Waals surface area contributed by atoms with Gasteiger partial charge in [0, 0.05) is 17.5 Å². The van der Waals surface area contributed by atoms with E-state index in [0.29, 0.717) is 33.3 Å². The number of para-hydroxylation sites is 1. The van der Waals surface area contributed by atoms with Gasteiger partial charge in [-0.3, -0.25) is 14.9 Å². The maximum Gasteiger partial charge on any atom is 0.271 e. The minimum Gasteiger partial charge on any atom is -0.339 e. The molecule has 0 atom stereocenters. The molecule has 0 saturated carbocycles. The van der Waals surface area contributed by atoms with Crippen molar-refractivity contribution >= 4 is 27.6 Å². The topological polar surface area (TPSA) is 93.8 Å². The third kappa shape index (κ3) is 1.98. The van der Waals surface area contributed by atoms with Crippen LogP contribution in [0.5, 0.6) is 0 Å². The lowest BCUT2D eigenvalue weighted by Gasteiger charge is -2.04. The Bertz CT molecular complexity index is 1170. The zero-order valence-corrected chi connectivity index (χ0v) is 12.7. The number of aromatic amines is 1. The average Bonchev–Trinajstić information content (AvgIpc) is 2.92. The highest BCUT2D eigenvalue weighted by Gasteiger charge is 2.16. The number of rotatable bonds is 2. The Hall–Kier alpha value is -3.48. The number of hydrogen-bond acceptors (Lipinski definition) is 4. The smallest absolute Gasteiger partial charge is 0.271 e.